The summed E-state index contributed by atoms with van der Waals surface area (Å²) in [5.41, 5.74) is 0. The predicted octanol–water partition coefficient (Wildman–Crippen LogP) is -1.76. The maximum atomic E-state index is 4.85. The van der Waals surface area contributed by atoms with Gasteiger partial charge in [-0.1, -0.05) is 6.92 Å². The predicted molar refractivity (Wildman–Crippen MR) is 23.4 cm³/mol. The van der Waals surface area contributed by atoms with Crippen molar-refractivity contribution in [2.24, 2.45) is 0 Å². The molecule has 0 aliphatic carbocycles. The van der Waals surface area contributed by atoms with E-state index in [9.17, 15) is 0 Å². The third kappa shape index (κ3) is 20.4. The minimum Gasteiger partial charge on any atom is -1.00 e. The van der Waals surface area contributed by atoms with E-state index in [1.165, 1.54) is 0 Å². The second kappa shape index (κ2) is 15.9. The van der Waals surface area contributed by atoms with Gasteiger partial charge in [-0.05, 0) is 6.42 Å². The van der Waals surface area contributed by atoms with Crippen LogP contribution in [0.15, 0.2) is 0 Å². The minimum atomic E-state index is 0. The van der Waals surface area contributed by atoms with Crippen molar-refractivity contribution in [2.75, 3.05) is 0 Å². The molecule has 0 rings (SSSR count). The zero-order chi connectivity index (χ0) is 4.12. The van der Waals surface area contributed by atoms with E-state index in [1.54, 1.807) is 0 Å². The summed E-state index contributed by atoms with van der Waals surface area (Å²) in [6, 6.07) is 0. The van der Waals surface area contributed by atoms with Crippen LogP contribution in [0.25, 0.3) is 0 Å². The molecule has 0 aromatic rings. The summed E-state index contributed by atoms with van der Waals surface area (Å²) in [7, 11) is 0. The first-order chi connectivity index (χ1) is 2.41. The molecule has 37 valence electrons. The van der Waals surface area contributed by atoms with Crippen LogP contribution in [0.2, 0.25) is 0 Å². The number of hydrogen-bond acceptors (Lipinski definition) is 0. The molecule has 0 aliphatic rings. The van der Waals surface area contributed by atoms with Crippen LogP contribution in [0.5, 0.6) is 0 Å². The fourth-order valence-corrected chi connectivity index (χ4v) is 0.102. The molecule has 0 unspecified atom stereocenters. The van der Waals surface area contributed by atoms with Gasteiger partial charge in [-0.25, -0.2) is 0 Å². The standard InChI is InChI=1S/C5H7.BrH.Zn/c1-3-5-4-2;;/h1H,2,4-5H2;1H;/p-1. The van der Waals surface area contributed by atoms with Gasteiger partial charge >= 0.3 is 0 Å². The molecule has 0 bridgehead atoms. The van der Waals surface area contributed by atoms with E-state index in [0.29, 0.717) is 0 Å². The molecular formula is C5H7BrZn-. The Bertz CT molecular complexity index is 46.5. The SMILES string of the molecule is C#CCC[CH2].[Br-].[Zn]. The molecule has 0 fully saturated rings. The molecule has 7 heavy (non-hydrogen) atoms. The van der Waals surface area contributed by atoms with Gasteiger partial charge in [-0.15, -0.1) is 12.3 Å². The maximum absolute atomic E-state index is 4.85. The van der Waals surface area contributed by atoms with Crippen LogP contribution in [0.3, 0.4) is 0 Å². The van der Waals surface area contributed by atoms with Crippen molar-refractivity contribution in [3.05, 3.63) is 6.92 Å². The minimum absolute atomic E-state index is 0. The summed E-state index contributed by atoms with van der Waals surface area (Å²) < 4.78 is 0. The molecule has 0 saturated carbocycles. The van der Waals surface area contributed by atoms with Gasteiger partial charge in [0.25, 0.3) is 0 Å². The third-order valence-corrected chi connectivity index (χ3v) is 0.321. The molecule has 0 aromatic heterocycles. The smallest absolute Gasteiger partial charge is 0.00860 e. The first-order valence-corrected chi connectivity index (χ1v) is 1.64. The molecule has 1 radical (unpaired) electrons. The van der Waals surface area contributed by atoms with Gasteiger partial charge in [0, 0.05) is 25.9 Å². The Morgan fingerprint density at radius 1 is 1.57 bits per heavy atom. The molecule has 0 atom stereocenters. The fourth-order valence-electron chi connectivity index (χ4n) is 0.102. The van der Waals surface area contributed by atoms with Gasteiger partial charge < -0.3 is 17.0 Å². The Morgan fingerprint density at radius 2 is 2.00 bits per heavy atom. The number of terminal acetylenes is 1. The molecule has 0 nitrogen and oxygen atoms in total. The monoisotopic (exact) mass is 210 g/mol. The number of rotatable bonds is 1. The topological polar surface area (TPSA) is 0 Å². The summed E-state index contributed by atoms with van der Waals surface area (Å²) in [5, 5.41) is 0. The van der Waals surface area contributed by atoms with Crippen molar-refractivity contribution in [1.29, 1.82) is 0 Å². The van der Waals surface area contributed by atoms with Crippen LogP contribution in [0.4, 0.5) is 0 Å². The van der Waals surface area contributed by atoms with Gasteiger partial charge in [0.15, 0.2) is 0 Å². The average Bonchev–Trinajstić information content (AvgIpc) is 1.41. The Hall–Kier alpha value is 0.663. The molecule has 0 aliphatic heterocycles. The van der Waals surface area contributed by atoms with E-state index in [2.05, 4.69) is 12.8 Å². The zero-order valence-electron chi connectivity index (χ0n) is 4.28. The van der Waals surface area contributed by atoms with Crippen molar-refractivity contribution >= 4 is 0 Å². The van der Waals surface area contributed by atoms with Gasteiger partial charge in [-0.2, -0.15) is 0 Å². The summed E-state index contributed by atoms with van der Waals surface area (Å²) in [6.07, 6.45) is 6.51. The van der Waals surface area contributed by atoms with Gasteiger partial charge in [0.05, 0.1) is 0 Å². The van der Waals surface area contributed by atoms with E-state index in [1.807, 2.05) is 0 Å². The largest absolute Gasteiger partial charge is 1.00 e. The Balaban J connectivity index is -0.0000000800. The number of unbranched alkanes of at least 4 members (excludes halogenated alkanes) is 1. The van der Waals surface area contributed by atoms with E-state index in [-0.39, 0.29) is 36.5 Å². The van der Waals surface area contributed by atoms with Crippen LogP contribution in [0, 0.1) is 19.3 Å². The van der Waals surface area contributed by atoms with Crippen molar-refractivity contribution in [3.8, 4) is 12.3 Å². The maximum Gasteiger partial charge on any atom is 0.00860 e. The van der Waals surface area contributed by atoms with Crippen LogP contribution in [-0.4, -0.2) is 0 Å². The normalized spacial score (nSPS) is 4.57. The first kappa shape index (κ1) is 15.6. The van der Waals surface area contributed by atoms with E-state index >= 15 is 0 Å². The summed E-state index contributed by atoms with van der Waals surface area (Å²) in [6.45, 7) is 3.53. The van der Waals surface area contributed by atoms with Crippen LogP contribution >= 0.6 is 0 Å². The second-order valence-electron chi connectivity index (χ2n) is 0.808. The molecular weight excluding hydrogens is 205 g/mol. The summed E-state index contributed by atoms with van der Waals surface area (Å²) in [4.78, 5) is 0. The number of halogens is 1. The molecule has 0 spiro atoms. The summed E-state index contributed by atoms with van der Waals surface area (Å²) >= 11 is 0. The molecule has 0 heterocycles. The van der Waals surface area contributed by atoms with E-state index in [0.717, 1.165) is 12.8 Å². The molecule has 0 amide bonds. The summed E-state index contributed by atoms with van der Waals surface area (Å²) in [5.74, 6) is 2.45. The molecule has 0 saturated heterocycles. The van der Waals surface area contributed by atoms with Crippen LogP contribution < -0.4 is 17.0 Å². The molecule has 0 aromatic carbocycles. The van der Waals surface area contributed by atoms with Crippen molar-refractivity contribution in [3.63, 3.8) is 0 Å². The Kier molecular flexibility index (Phi) is 35.6. The molecule has 2 heteroatoms. The van der Waals surface area contributed by atoms with Crippen molar-refractivity contribution in [1.82, 2.24) is 0 Å². The third-order valence-electron chi connectivity index (χ3n) is 0.321. The fraction of sp³-hybridized carbons (Fsp3) is 0.400. The Morgan fingerprint density at radius 3 is 2.00 bits per heavy atom. The van der Waals surface area contributed by atoms with Crippen LogP contribution in [0.1, 0.15) is 12.8 Å². The Labute approximate surface area is 68.6 Å². The molecule has 0 N–H and O–H groups in total. The van der Waals surface area contributed by atoms with Gasteiger partial charge in [-0.3, -0.25) is 0 Å². The average molecular weight is 212 g/mol. The number of hydrogen-bond donors (Lipinski definition) is 0. The first-order valence-electron chi connectivity index (χ1n) is 1.64. The quantitative estimate of drug-likeness (QED) is 0.357. The van der Waals surface area contributed by atoms with Crippen molar-refractivity contribution in [2.45, 2.75) is 12.8 Å². The van der Waals surface area contributed by atoms with Gasteiger partial charge in [0.2, 0.25) is 0 Å². The zero-order valence-corrected chi connectivity index (χ0v) is 8.84. The van der Waals surface area contributed by atoms with Crippen molar-refractivity contribution < 1.29 is 36.5 Å². The van der Waals surface area contributed by atoms with Crippen LogP contribution in [-0.2, 0) is 19.5 Å². The van der Waals surface area contributed by atoms with E-state index < -0.39 is 0 Å². The van der Waals surface area contributed by atoms with Gasteiger partial charge in [0.1, 0.15) is 0 Å². The van der Waals surface area contributed by atoms with E-state index in [4.69, 9.17) is 6.42 Å². The second-order valence-corrected chi connectivity index (χ2v) is 0.808.